The second-order valence-corrected chi connectivity index (χ2v) is 3.97. The average molecular weight is 240 g/mol. The van der Waals surface area contributed by atoms with Gasteiger partial charge in [-0.05, 0) is 24.5 Å². The number of amides is 1. The smallest absolute Gasteiger partial charge is 0.287 e. The highest BCUT2D eigenvalue weighted by Gasteiger charge is 2.12. The molecule has 5 heteroatoms. The Morgan fingerprint density at radius 2 is 2.35 bits per heavy atom. The van der Waals surface area contributed by atoms with Crippen LogP contribution in [0.5, 0.6) is 0 Å². The summed E-state index contributed by atoms with van der Waals surface area (Å²) in [6.45, 7) is 3.02. The molecule has 1 unspecified atom stereocenters. The molecule has 1 rings (SSSR count). The zero-order valence-corrected chi connectivity index (χ0v) is 10.1. The van der Waals surface area contributed by atoms with Crippen molar-refractivity contribution < 1.29 is 14.3 Å². The van der Waals surface area contributed by atoms with Crippen LogP contribution in [0.3, 0.4) is 0 Å². The second-order valence-electron chi connectivity index (χ2n) is 3.97. The van der Waals surface area contributed by atoms with Crippen LogP contribution in [0.15, 0.2) is 16.5 Å². The predicted molar refractivity (Wildman–Crippen MR) is 64.4 cm³/mol. The van der Waals surface area contributed by atoms with Crippen molar-refractivity contribution in [1.82, 2.24) is 5.32 Å². The van der Waals surface area contributed by atoms with Crippen LogP contribution in [0.1, 0.15) is 36.1 Å². The lowest BCUT2D eigenvalue weighted by molar-refractivity contribution is 0.0914. The van der Waals surface area contributed by atoms with Crippen molar-refractivity contribution in [1.29, 1.82) is 0 Å². The molecule has 0 spiro atoms. The molecular formula is C12H20N2O3. The minimum atomic E-state index is -0.235. The third-order valence-electron chi connectivity index (χ3n) is 2.75. The maximum Gasteiger partial charge on any atom is 0.287 e. The Labute approximate surface area is 101 Å². The molecule has 1 aromatic rings. The van der Waals surface area contributed by atoms with Gasteiger partial charge in [-0.15, -0.1) is 0 Å². The Morgan fingerprint density at radius 3 is 2.88 bits per heavy atom. The minimum absolute atomic E-state index is 0.145. The number of nitrogens with one attached hydrogen (secondary N) is 1. The Balaban J connectivity index is 2.43. The molecule has 0 radical (unpaired) electrons. The summed E-state index contributed by atoms with van der Waals surface area (Å²) in [6, 6.07) is 3.31. The molecule has 4 N–H and O–H groups in total. The number of rotatable bonds is 7. The second kappa shape index (κ2) is 7.09. The lowest BCUT2D eigenvalue weighted by Crippen LogP contribution is -2.29. The van der Waals surface area contributed by atoms with Crippen LogP contribution in [-0.4, -0.2) is 24.2 Å². The van der Waals surface area contributed by atoms with Crippen molar-refractivity contribution in [2.24, 2.45) is 11.7 Å². The molecule has 5 nitrogen and oxygen atoms in total. The van der Waals surface area contributed by atoms with Crippen molar-refractivity contribution in [3.8, 4) is 0 Å². The van der Waals surface area contributed by atoms with Crippen LogP contribution in [0.25, 0.3) is 0 Å². The fourth-order valence-corrected chi connectivity index (χ4v) is 1.57. The first kappa shape index (κ1) is 13.7. The largest absolute Gasteiger partial charge is 0.455 e. The fourth-order valence-electron chi connectivity index (χ4n) is 1.57. The summed E-state index contributed by atoms with van der Waals surface area (Å²) in [5.74, 6) is 0.941. The van der Waals surface area contributed by atoms with Gasteiger partial charge in [-0.2, -0.15) is 0 Å². The summed E-state index contributed by atoms with van der Waals surface area (Å²) in [6.07, 6.45) is 1.62. The van der Waals surface area contributed by atoms with Gasteiger partial charge < -0.3 is 20.6 Å². The summed E-state index contributed by atoms with van der Waals surface area (Å²) >= 11 is 0. The maximum atomic E-state index is 11.7. The molecule has 1 amide bonds. The van der Waals surface area contributed by atoms with Crippen LogP contribution < -0.4 is 11.1 Å². The number of hydrogen-bond donors (Lipinski definition) is 3. The minimum Gasteiger partial charge on any atom is -0.455 e. The third-order valence-corrected chi connectivity index (χ3v) is 2.75. The zero-order valence-electron chi connectivity index (χ0n) is 10.1. The van der Waals surface area contributed by atoms with Crippen molar-refractivity contribution in [2.45, 2.75) is 26.3 Å². The molecule has 0 aromatic carbocycles. The third kappa shape index (κ3) is 4.20. The zero-order chi connectivity index (χ0) is 12.7. The van der Waals surface area contributed by atoms with E-state index in [4.69, 9.17) is 15.3 Å². The van der Waals surface area contributed by atoms with Crippen molar-refractivity contribution in [2.75, 3.05) is 13.2 Å². The Hall–Kier alpha value is -1.33. The van der Waals surface area contributed by atoms with E-state index < -0.39 is 0 Å². The molecule has 0 saturated heterocycles. The molecule has 0 fully saturated rings. The van der Waals surface area contributed by atoms with E-state index in [1.165, 1.54) is 0 Å². The van der Waals surface area contributed by atoms with Gasteiger partial charge in [-0.25, -0.2) is 0 Å². The molecule has 17 heavy (non-hydrogen) atoms. The van der Waals surface area contributed by atoms with Gasteiger partial charge in [0.1, 0.15) is 5.76 Å². The number of aliphatic hydroxyl groups excluding tert-OH is 1. The van der Waals surface area contributed by atoms with Crippen molar-refractivity contribution in [3.05, 3.63) is 23.7 Å². The van der Waals surface area contributed by atoms with E-state index in [0.717, 1.165) is 6.42 Å². The number of carbonyl (C=O) groups is 1. The van der Waals surface area contributed by atoms with E-state index in [0.29, 0.717) is 24.6 Å². The van der Waals surface area contributed by atoms with Crippen LogP contribution in [0.4, 0.5) is 0 Å². The summed E-state index contributed by atoms with van der Waals surface area (Å²) in [5.41, 5.74) is 5.39. The van der Waals surface area contributed by atoms with Gasteiger partial charge in [0.05, 0.1) is 6.54 Å². The van der Waals surface area contributed by atoms with Crippen LogP contribution in [-0.2, 0) is 6.54 Å². The van der Waals surface area contributed by atoms with Gasteiger partial charge in [0.15, 0.2) is 5.76 Å². The van der Waals surface area contributed by atoms with Gasteiger partial charge in [-0.1, -0.05) is 13.3 Å². The molecule has 0 aliphatic carbocycles. The SMILES string of the molecule is CCC(CCO)CNC(=O)c1ccc(CN)o1. The Kier molecular flexibility index (Phi) is 5.72. The highest BCUT2D eigenvalue weighted by atomic mass is 16.4. The van der Waals surface area contributed by atoms with Gasteiger partial charge in [0.2, 0.25) is 0 Å². The molecule has 1 aromatic heterocycles. The van der Waals surface area contributed by atoms with Crippen LogP contribution in [0.2, 0.25) is 0 Å². The predicted octanol–water partition coefficient (Wildman–Crippen LogP) is 0.877. The van der Waals surface area contributed by atoms with E-state index >= 15 is 0 Å². The number of carbonyl (C=O) groups excluding carboxylic acids is 1. The standard InChI is InChI=1S/C12H20N2O3/c1-2-9(5-6-15)8-14-12(16)11-4-3-10(7-13)17-11/h3-4,9,15H,2,5-8,13H2,1H3,(H,14,16). The summed E-state index contributed by atoms with van der Waals surface area (Å²) < 4.78 is 5.23. The molecule has 1 atom stereocenters. The number of nitrogens with two attached hydrogens (primary N) is 1. The lowest BCUT2D eigenvalue weighted by atomic mass is 10.0. The highest BCUT2D eigenvalue weighted by Crippen LogP contribution is 2.09. The first-order valence-corrected chi connectivity index (χ1v) is 5.89. The number of aliphatic hydroxyl groups is 1. The average Bonchev–Trinajstić information content (AvgIpc) is 2.82. The van der Waals surface area contributed by atoms with E-state index in [-0.39, 0.29) is 24.8 Å². The fraction of sp³-hybridized carbons (Fsp3) is 0.583. The molecule has 1 heterocycles. The quantitative estimate of drug-likeness (QED) is 0.660. The normalized spacial score (nSPS) is 12.4. The van der Waals surface area contributed by atoms with Gasteiger partial charge >= 0.3 is 0 Å². The van der Waals surface area contributed by atoms with Crippen LogP contribution >= 0.6 is 0 Å². The summed E-state index contributed by atoms with van der Waals surface area (Å²) in [5, 5.41) is 11.6. The Morgan fingerprint density at radius 1 is 1.59 bits per heavy atom. The van der Waals surface area contributed by atoms with E-state index in [1.54, 1.807) is 12.1 Å². The first-order chi connectivity index (χ1) is 8.21. The topological polar surface area (TPSA) is 88.5 Å². The molecule has 0 aliphatic rings. The lowest BCUT2D eigenvalue weighted by Gasteiger charge is -2.13. The van der Waals surface area contributed by atoms with E-state index in [9.17, 15) is 4.79 Å². The molecule has 0 bridgehead atoms. The number of furan rings is 1. The molecule has 96 valence electrons. The first-order valence-electron chi connectivity index (χ1n) is 5.89. The maximum absolute atomic E-state index is 11.7. The highest BCUT2D eigenvalue weighted by molar-refractivity contribution is 5.91. The van der Waals surface area contributed by atoms with Gasteiger partial charge in [0.25, 0.3) is 5.91 Å². The Bertz CT molecular complexity index is 349. The number of hydrogen-bond acceptors (Lipinski definition) is 4. The van der Waals surface area contributed by atoms with Crippen LogP contribution in [0, 0.1) is 5.92 Å². The van der Waals surface area contributed by atoms with Crippen molar-refractivity contribution in [3.63, 3.8) is 0 Å². The van der Waals surface area contributed by atoms with Gasteiger partial charge in [0, 0.05) is 13.2 Å². The molecular weight excluding hydrogens is 220 g/mol. The van der Waals surface area contributed by atoms with Crippen molar-refractivity contribution >= 4 is 5.91 Å². The van der Waals surface area contributed by atoms with E-state index in [1.807, 2.05) is 6.92 Å². The van der Waals surface area contributed by atoms with Gasteiger partial charge in [-0.3, -0.25) is 4.79 Å². The molecule has 0 saturated carbocycles. The summed E-state index contributed by atoms with van der Waals surface area (Å²) in [7, 11) is 0. The molecule has 0 aliphatic heterocycles. The van der Waals surface area contributed by atoms with E-state index in [2.05, 4.69) is 5.32 Å². The monoisotopic (exact) mass is 240 g/mol. The summed E-state index contributed by atoms with van der Waals surface area (Å²) in [4.78, 5) is 11.7.